The Kier molecular flexibility index (Phi) is 6.19. The Morgan fingerprint density at radius 3 is 2.67 bits per heavy atom. The maximum absolute atomic E-state index is 9.59. The van der Waals surface area contributed by atoms with E-state index in [-0.39, 0.29) is 11.6 Å². The van der Waals surface area contributed by atoms with Gasteiger partial charge >= 0.3 is 0 Å². The number of nitriles is 1. The monoisotopic (exact) mass is 420 g/mol. The Labute approximate surface area is 182 Å². The van der Waals surface area contributed by atoms with E-state index < -0.39 is 0 Å². The van der Waals surface area contributed by atoms with E-state index in [0.717, 1.165) is 37.0 Å². The number of fused-ring (bicyclic) bond motifs is 1. The highest BCUT2D eigenvalue weighted by molar-refractivity contribution is 6.31. The summed E-state index contributed by atoms with van der Waals surface area (Å²) in [6.07, 6.45) is 1.82. The third-order valence-electron chi connectivity index (χ3n) is 5.77. The molecule has 6 heteroatoms. The van der Waals surface area contributed by atoms with Crippen molar-refractivity contribution in [2.75, 3.05) is 25.1 Å². The van der Waals surface area contributed by atoms with Crippen LogP contribution in [-0.2, 0) is 4.74 Å². The summed E-state index contributed by atoms with van der Waals surface area (Å²) in [5.74, 6) is 0.696. The highest BCUT2D eigenvalue weighted by Crippen LogP contribution is 2.28. The third-order valence-corrected chi connectivity index (χ3v) is 6.01. The zero-order chi connectivity index (χ0) is 21.0. The summed E-state index contributed by atoms with van der Waals surface area (Å²) in [5.41, 5.74) is 2.47. The Morgan fingerprint density at radius 1 is 1.17 bits per heavy atom. The fraction of sp³-hybridized carbons (Fsp3) is 0.333. The molecule has 0 aliphatic carbocycles. The van der Waals surface area contributed by atoms with Crippen LogP contribution in [0.5, 0.6) is 0 Å². The molecule has 2 heterocycles. The van der Waals surface area contributed by atoms with Gasteiger partial charge in [0.15, 0.2) is 0 Å². The summed E-state index contributed by atoms with van der Waals surface area (Å²) in [7, 11) is 0. The van der Waals surface area contributed by atoms with Crippen LogP contribution in [0, 0.1) is 11.3 Å². The van der Waals surface area contributed by atoms with Crippen LogP contribution in [0.3, 0.4) is 0 Å². The molecule has 0 saturated carbocycles. The Morgan fingerprint density at radius 2 is 1.93 bits per heavy atom. The summed E-state index contributed by atoms with van der Waals surface area (Å²) < 4.78 is 5.63. The van der Waals surface area contributed by atoms with Gasteiger partial charge in [-0.1, -0.05) is 41.9 Å². The summed E-state index contributed by atoms with van der Waals surface area (Å²) >= 11 is 6.09. The highest BCUT2D eigenvalue weighted by Gasteiger charge is 2.34. The van der Waals surface area contributed by atoms with Gasteiger partial charge in [-0.3, -0.25) is 0 Å². The van der Waals surface area contributed by atoms with Gasteiger partial charge in [0, 0.05) is 41.7 Å². The van der Waals surface area contributed by atoms with Crippen LogP contribution in [-0.4, -0.2) is 30.3 Å². The molecular weight excluding hydrogens is 396 g/mol. The number of nitrogens with zero attached hydrogens (tertiary/aromatic N) is 2. The molecule has 154 valence electrons. The maximum Gasteiger partial charge on any atom is 0.128 e. The van der Waals surface area contributed by atoms with Crippen LogP contribution in [0.4, 0.5) is 5.82 Å². The minimum atomic E-state index is -0.114. The molecule has 0 amide bonds. The average molecular weight is 421 g/mol. The molecule has 1 saturated heterocycles. The highest BCUT2D eigenvalue weighted by atomic mass is 35.5. The van der Waals surface area contributed by atoms with Crippen molar-refractivity contribution >= 4 is 28.3 Å². The summed E-state index contributed by atoms with van der Waals surface area (Å²) in [5, 5.41) is 18.3. The summed E-state index contributed by atoms with van der Waals surface area (Å²) in [6.45, 7) is 4.34. The lowest BCUT2D eigenvalue weighted by atomic mass is 9.88. The van der Waals surface area contributed by atoms with Gasteiger partial charge < -0.3 is 15.4 Å². The van der Waals surface area contributed by atoms with Crippen molar-refractivity contribution < 1.29 is 4.74 Å². The van der Waals surface area contributed by atoms with E-state index in [1.54, 1.807) is 18.2 Å². The average Bonchev–Trinajstić information content (AvgIpc) is 2.78. The fourth-order valence-corrected chi connectivity index (χ4v) is 4.23. The third kappa shape index (κ3) is 4.57. The molecule has 5 nitrogen and oxygen atoms in total. The Balaban J connectivity index is 1.56. The van der Waals surface area contributed by atoms with Crippen molar-refractivity contribution in [2.24, 2.45) is 0 Å². The van der Waals surface area contributed by atoms with Crippen molar-refractivity contribution in [3.8, 4) is 6.07 Å². The molecular formula is C24H25ClN4O. The van der Waals surface area contributed by atoms with Gasteiger partial charge in [0.1, 0.15) is 5.82 Å². The van der Waals surface area contributed by atoms with Crippen LogP contribution < -0.4 is 10.6 Å². The van der Waals surface area contributed by atoms with Gasteiger partial charge in [-0.05, 0) is 49.6 Å². The number of halogens is 1. The molecule has 1 aromatic heterocycles. The topological polar surface area (TPSA) is 70.0 Å². The summed E-state index contributed by atoms with van der Waals surface area (Å²) in [4.78, 5) is 4.70. The molecule has 1 fully saturated rings. The molecule has 4 rings (SSSR count). The molecule has 1 aliphatic rings. The van der Waals surface area contributed by atoms with Gasteiger partial charge in [0.05, 0.1) is 17.1 Å². The minimum Gasteiger partial charge on any atom is -0.381 e. The van der Waals surface area contributed by atoms with Crippen LogP contribution in [0.25, 0.3) is 10.9 Å². The Hall–Kier alpha value is -2.65. The van der Waals surface area contributed by atoms with E-state index in [1.165, 1.54) is 5.56 Å². The Bertz CT molecular complexity index is 1060. The standard InChI is InChI=1S/C24H25ClN4O/c1-17(18-5-3-2-4-6-18)29-24(9-11-30-12-10-24)16-27-23-13-19(15-26)21-14-20(25)7-8-22(21)28-23/h2-8,13-14,17,29H,9-12,16H2,1H3,(H,27,28). The van der Waals surface area contributed by atoms with E-state index in [0.29, 0.717) is 22.9 Å². The first-order chi connectivity index (χ1) is 14.6. The van der Waals surface area contributed by atoms with Crippen molar-refractivity contribution in [1.82, 2.24) is 10.3 Å². The summed E-state index contributed by atoms with van der Waals surface area (Å²) in [6, 6.07) is 20.2. The number of aromatic nitrogens is 1. The molecule has 0 spiro atoms. The predicted octanol–water partition coefficient (Wildman–Crippen LogP) is 5.07. The van der Waals surface area contributed by atoms with E-state index >= 15 is 0 Å². The van der Waals surface area contributed by atoms with Gasteiger partial charge in [-0.25, -0.2) is 4.98 Å². The number of hydrogen-bond acceptors (Lipinski definition) is 5. The first kappa shape index (κ1) is 20.6. The largest absolute Gasteiger partial charge is 0.381 e. The number of ether oxygens (including phenoxy) is 1. The quantitative estimate of drug-likeness (QED) is 0.582. The molecule has 1 atom stereocenters. The lowest BCUT2D eigenvalue weighted by Gasteiger charge is -2.40. The molecule has 3 aromatic rings. The van der Waals surface area contributed by atoms with Crippen molar-refractivity contribution in [2.45, 2.75) is 31.3 Å². The van der Waals surface area contributed by atoms with Crippen LogP contribution in [0.15, 0.2) is 54.6 Å². The van der Waals surface area contributed by atoms with Gasteiger partial charge in [-0.15, -0.1) is 0 Å². The van der Waals surface area contributed by atoms with Gasteiger partial charge in [-0.2, -0.15) is 5.26 Å². The second kappa shape index (κ2) is 9.01. The number of benzene rings is 2. The molecule has 0 radical (unpaired) electrons. The number of nitrogens with one attached hydrogen (secondary N) is 2. The maximum atomic E-state index is 9.59. The van der Waals surface area contributed by atoms with Crippen LogP contribution in [0.1, 0.15) is 36.9 Å². The molecule has 1 aliphatic heterocycles. The van der Waals surface area contributed by atoms with E-state index in [9.17, 15) is 5.26 Å². The smallest absolute Gasteiger partial charge is 0.128 e. The minimum absolute atomic E-state index is 0.114. The predicted molar refractivity (Wildman–Crippen MR) is 121 cm³/mol. The van der Waals surface area contributed by atoms with Crippen LogP contribution >= 0.6 is 11.6 Å². The zero-order valence-electron chi connectivity index (χ0n) is 17.0. The number of hydrogen-bond donors (Lipinski definition) is 2. The second-order valence-electron chi connectivity index (χ2n) is 7.85. The normalized spacial score (nSPS) is 16.7. The van der Waals surface area contributed by atoms with Crippen molar-refractivity contribution in [3.05, 3.63) is 70.7 Å². The molecule has 0 bridgehead atoms. The zero-order valence-corrected chi connectivity index (χ0v) is 17.7. The molecule has 1 unspecified atom stereocenters. The van der Waals surface area contributed by atoms with Crippen molar-refractivity contribution in [1.29, 1.82) is 5.26 Å². The van der Waals surface area contributed by atoms with E-state index in [4.69, 9.17) is 21.3 Å². The number of pyridine rings is 1. The molecule has 2 aromatic carbocycles. The van der Waals surface area contributed by atoms with E-state index in [1.807, 2.05) is 12.1 Å². The SMILES string of the molecule is CC(NC1(CNc2cc(C#N)c3cc(Cl)ccc3n2)CCOCC1)c1ccccc1. The molecule has 2 N–H and O–H groups in total. The molecule has 30 heavy (non-hydrogen) atoms. The van der Waals surface area contributed by atoms with Gasteiger partial charge in [0.25, 0.3) is 0 Å². The van der Waals surface area contributed by atoms with E-state index in [2.05, 4.69) is 47.9 Å². The number of anilines is 1. The van der Waals surface area contributed by atoms with Crippen molar-refractivity contribution in [3.63, 3.8) is 0 Å². The fourth-order valence-electron chi connectivity index (χ4n) is 4.06. The lowest BCUT2D eigenvalue weighted by molar-refractivity contribution is 0.0389. The second-order valence-corrected chi connectivity index (χ2v) is 8.29. The van der Waals surface area contributed by atoms with Gasteiger partial charge in [0.2, 0.25) is 0 Å². The van der Waals surface area contributed by atoms with Crippen LogP contribution in [0.2, 0.25) is 5.02 Å². The lowest BCUT2D eigenvalue weighted by Crippen LogP contribution is -2.54. The first-order valence-electron chi connectivity index (χ1n) is 10.2. The first-order valence-corrected chi connectivity index (χ1v) is 10.6. The number of rotatable bonds is 6.